The van der Waals surface area contributed by atoms with Crippen LogP contribution in [0.4, 0.5) is 5.69 Å². The molecule has 0 spiro atoms. The van der Waals surface area contributed by atoms with Gasteiger partial charge in [0, 0.05) is 29.7 Å². The zero-order chi connectivity index (χ0) is 26.0. The molecular weight excluding hydrogens is 510 g/mol. The molecule has 2 aliphatic heterocycles. The van der Waals surface area contributed by atoms with Crippen LogP contribution in [0.15, 0.2) is 29.4 Å². The van der Waals surface area contributed by atoms with E-state index in [9.17, 15) is 32.9 Å². The van der Waals surface area contributed by atoms with Crippen molar-refractivity contribution in [2.45, 2.75) is 36.6 Å². The quantitative estimate of drug-likeness (QED) is 0.0640. The molecule has 2 saturated heterocycles. The Morgan fingerprint density at radius 2 is 2.00 bits per heavy atom. The Labute approximate surface area is 202 Å². The van der Waals surface area contributed by atoms with Crippen LogP contribution in [0.25, 0.3) is 10.4 Å². The van der Waals surface area contributed by atoms with Gasteiger partial charge in [-0.1, -0.05) is 5.11 Å². The summed E-state index contributed by atoms with van der Waals surface area (Å²) in [4.78, 5) is 51.3. The number of fused-ring (bicyclic) bond motifs is 1. The van der Waals surface area contributed by atoms with Crippen LogP contribution in [0, 0.1) is 10.1 Å². The van der Waals surface area contributed by atoms with Gasteiger partial charge in [0.2, 0.25) is 5.91 Å². The van der Waals surface area contributed by atoms with Gasteiger partial charge in [0.05, 0.1) is 16.6 Å². The summed E-state index contributed by atoms with van der Waals surface area (Å²) in [6.07, 6.45) is 0.735. The number of non-ortho nitro benzene ring substituents is 1. The van der Waals surface area contributed by atoms with Gasteiger partial charge in [0.15, 0.2) is 11.6 Å². The van der Waals surface area contributed by atoms with Gasteiger partial charge in [0.25, 0.3) is 15.8 Å². The number of azide groups is 1. The second kappa shape index (κ2) is 10.1. The number of nitro groups is 1. The molecule has 0 radical (unpaired) electrons. The summed E-state index contributed by atoms with van der Waals surface area (Å²) in [5, 5.41) is 13.4. The predicted octanol–water partition coefficient (Wildman–Crippen LogP) is 0.879. The van der Waals surface area contributed by atoms with Crippen LogP contribution in [0.5, 0.6) is 0 Å². The summed E-state index contributed by atoms with van der Waals surface area (Å²) in [6.45, 7) is 0.0130. The molecule has 35 heavy (non-hydrogen) atoms. The predicted molar refractivity (Wildman–Crippen MR) is 118 cm³/mol. The van der Waals surface area contributed by atoms with E-state index in [1.54, 1.807) is 0 Å². The van der Waals surface area contributed by atoms with Crippen LogP contribution in [0.1, 0.15) is 12.5 Å². The third-order valence-electron chi connectivity index (χ3n) is 5.09. The maximum Gasteiger partial charge on any atom is 0.332 e. The smallest absolute Gasteiger partial charge is 0.332 e. The highest BCUT2D eigenvalue weighted by atomic mass is 32.2. The van der Waals surface area contributed by atoms with Crippen molar-refractivity contribution >= 4 is 45.4 Å². The molecule has 3 rings (SSSR count). The van der Waals surface area contributed by atoms with Crippen molar-refractivity contribution in [3.8, 4) is 0 Å². The van der Waals surface area contributed by atoms with Crippen LogP contribution in [-0.2, 0) is 44.8 Å². The molecule has 0 N–H and O–H groups in total. The normalized spacial score (nSPS) is 25.5. The minimum absolute atomic E-state index is 0.176. The number of carbonyl (C=O) groups is 3. The van der Waals surface area contributed by atoms with Crippen LogP contribution in [0.3, 0.4) is 0 Å². The maximum absolute atomic E-state index is 13.2. The lowest BCUT2D eigenvalue weighted by Gasteiger charge is -2.56. The van der Waals surface area contributed by atoms with E-state index in [4.69, 9.17) is 19.2 Å². The molecule has 0 aromatic heterocycles. The van der Waals surface area contributed by atoms with Crippen LogP contribution >= 0.6 is 11.8 Å². The summed E-state index contributed by atoms with van der Waals surface area (Å²) >= 11 is 0.992. The van der Waals surface area contributed by atoms with E-state index in [0.717, 1.165) is 29.8 Å². The van der Waals surface area contributed by atoms with Crippen molar-refractivity contribution in [3.05, 3.63) is 50.4 Å². The molecule has 4 atom stereocenters. The number of rotatable bonds is 9. The topological polar surface area (TPSA) is 208 Å². The number of β-lactam (4-membered cyclic amide) rings is 1. The highest BCUT2D eigenvalue weighted by Gasteiger charge is 2.65. The van der Waals surface area contributed by atoms with Crippen molar-refractivity contribution in [3.63, 3.8) is 0 Å². The van der Waals surface area contributed by atoms with Gasteiger partial charge in [0.1, 0.15) is 19.3 Å². The number of benzene rings is 1. The Morgan fingerprint density at radius 1 is 1.34 bits per heavy atom. The number of hydrogen-bond donors (Lipinski definition) is 0. The standard InChI is InChI=1S/C18H19N5O10S2/c1-10(24)32-8-18(33-35(2,29)30)9-34-16-13(20-21-19)15(25)22(16)14(18)17(26)31-7-11-3-5-12(6-4-11)23(27)28/h3-6,13-14,16H,7-9H2,1-2H3/t13-,14?,16+,18?/m0/s1. The first kappa shape index (κ1) is 26.2. The van der Waals surface area contributed by atoms with E-state index < -0.39 is 62.6 Å². The summed E-state index contributed by atoms with van der Waals surface area (Å²) in [6, 6.07) is 2.33. The van der Waals surface area contributed by atoms with E-state index in [0.29, 0.717) is 5.56 Å². The van der Waals surface area contributed by atoms with Crippen molar-refractivity contribution in [2.75, 3.05) is 18.6 Å². The average Bonchev–Trinajstić information content (AvgIpc) is 2.78. The highest BCUT2D eigenvalue weighted by Crippen LogP contribution is 2.46. The first-order valence-electron chi connectivity index (χ1n) is 9.80. The Balaban J connectivity index is 1.93. The summed E-state index contributed by atoms with van der Waals surface area (Å²) in [5.74, 6) is -2.84. The first-order valence-corrected chi connectivity index (χ1v) is 12.7. The van der Waals surface area contributed by atoms with E-state index in [2.05, 4.69) is 10.0 Å². The molecule has 188 valence electrons. The Bertz CT molecular complexity index is 1200. The number of nitro benzene ring substituents is 1. The fourth-order valence-electron chi connectivity index (χ4n) is 3.65. The average molecular weight is 530 g/mol. The zero-order valence-corrected chi connectivity index (χ0v) is 19.9. The lowest BCUT2D eigenvalue weighted by atomic mass is 9.90. The molecule has 0 saturated carbocycles. The minimum atomic E-state index is -4.23. The Kier molecular flexibility index (Phi) is 7.54. The lowest BCUT2D eigenvalue weighted by Crippen LogP contribution is -2.77. The molecule has 0 aliphatic carbocycles. The first-order chi connectivity index (χ1) is 16.4. The SMILES string of the molecule is CC(=O)OCC1(OS(C)(=O)=O)CS[C@@H]2[C@@H](N=[N+]=[N-])C(=O)N2C1C(=O)OCc1ccc([N+](=O)[O-])cc1. The number of amides is 1. The second-order valence-electron chi connectivity index (χ2n) is 7.66. The van der Waals surface area contributed by atoms with Gasteiger partial charge < -0.3 is 14.4 Å². The van der Waals surface area contributed by atoms with Crippen LogP contribution < -0.4 is 0 Å². The zero-order valence-electron chi connectivity index (χ0n) is 18.3. The molecule has 2 unspecified atom stereocenters. The number of esters is 2. The van der Waals surface area contributed by atoms with E-state index in [1.165, 1.54) is 24.3 Å². The molecule has 15 nitrogen and oxygen atoms in total. The van der Waals surface area contributed by atoms with Crippen LogP contribution in [-0.4, -0.2) is 77.8 Å². The molecule has 17 heteroatoms. The van der Waals surface area contributed by atoms with Crippen molar-refractivity contribution in [1.29, 1.82) is 0 Å². The molecular formula is C18H19N5O10S2. The van der Waals surface area contributed by atoms with Crippen molar-refractivity contribution in [1.82, 2.24) is 4.90 Å². The van der Waals surface area contributed by atoms with E-state index in [1.807, 2.05) is 0 Å². The molecule has 0 bridgehead atoms. The van der Waals surface area contributed by atoms with Crippen molar-refractivity contribution in [2.24, 2.45) is 5.11 Å². The third-order valence-corrected chi connectivity index (χ3v) is 7.21. The van der Waals surface area contributed by atoms with Crippen LogP contribution in [0.2, 0.25) is 0 Å². The van der Waals surface area contributed by atoms with Gasteiger partial charge in [-0.2, -0.15) is 8.42 Å². The molecule has 2 fully saturated rings. The fraction of sp³-hybridized carbons (Fsp3) is 0.500. The molecule has 1 aromatic carbocycles. The third kappa shape index (κ3) is 5.64. The number of ether oxygens (including phenoxy) is 2. The summed E-state index contributed by atoms with van der Waals surface area (Å²) in [7, 11) is -4.23. The highest BCUT2D eigenvalue weighted by molar-refractivity contribution is 8.00. The second-order valence-corrected chi connectivity index (χ2v) is 10.3. The number of carbonyl (C=O) groups excluding carboxylic acids is 3. The van der Waals surface area contributed by atoms with Crippen molar-refractivity contribution < 1.29 is 41.4 Å². The Hall–Kier alpha value is -3.40. The summed E-state index contributed by atoms with van der Waals surface area (Å²) < 4.78 is 39.7. The molecule has 2 aliphatic rings. The van der Waals surface area contributed by atoms with E-state index >= 15 is 0 Å². The fourth-order valence-corrected chi connectivity index (χ4v) is 6.02. The van der Waals surface area contributed by atoms with Gasteiger partial charge in [-0.15, -0.1) is 11.8 Å². The largest absolute Gasteiger partial charge is 0.463 e. The van der Waals surface area contributed by atoms with Gasteiger partial charge in [-0.05, 0) is 23.2 Å². The Morgan fingerprint density at radius 3 is 2.54 bits per heavy atom. The van der Waals surface area contributed by atoms with Gasteiger partial charge in [-0.25, -0.2) is 4.79 Å². The number of nitrogens with zero attached hydrogens (tertiary/aromatic N) is 5. The van der Waals surface area contributed by atoms with Gasteiger partial charge >= 0.3 is 11.9 Å². The van der Waals surface area contributed by atoms with Gasteiger partial charge in [-0.3, -0.25) is 23.9 Å². The number of hydrogen-bond acceptors (Lipinski definition) is 12. The monoisotopic (exact) mass is 529 g/mol. The lowest BCUT2D eigenvalue weighted by molar-refractivity contribution is -0.384. The molecule has 1 aromatic rings. The van der Waals surface area contributed by atoms with E-state index in [-0.39, 0.29) is 18.0 Å². The number of thioether (sulfide) groups is 1. The summed E-state index contributed by atoms with van der Waals surface area (Å²) in [5.41, 5.74) is 6.91. The maximum atomic E-state index is 13.2. The molecule has 2 heterocycles. The minimum Gasteiger partial charge on any atom is -0.463 e. The molecule has 1 amide bonds.